The highest BCUT2D eigenvalue weighted by atomic mass is 35.5. The highest BCUT2D eigenvalue weighted by molar-refractivity contribution is 7.80. The average molecular weight is 428 g/mol. The summed E-state index contributed by atoms with van der Waals surface area (Å²) in [7, 11) is 0. The van der Waals surface area contributed by atoms with Gasteiger partial charge in [0.25, 0.3) is 0 Å². The van der Waals surface area contributed by atoms with E-state index in [-0.39, 0.29) is 28.2 Å². The highest BCUT2D eigenvalue weighted by Gasteiger charge is 2.38. The van der Waals surface area contributed by atoms with Crippen LogP contribution in [0.5, 0.6) is 11.5 Å². The fourth-order valence-corrected chi connectivity index (χ4v) is 3.36. The van der Waals surface area contributed by atoms with E-state index in [0.717, 1.165) is 0 Å². The Morgan fingerprint density at radius 2 is 1.93 bits per heavy atom. The third-order valence-corrected chi connectivity index (χ3v) is 4.46. The molecule has 0 bridgehead atoms. The maximum absolute atomic E-state index is 12.5. The van der Waals surface area contributed by atoms with E-state index in [1.54, 1.807) is 26.8 Å². The number of carboxylic acids is 1. The summed E-state index contributed by atoms with van der Waals surface area (Å²) in [5, 5.41) is 14.1. The van der Waals surface area contributed by atoms with Crippen LogP contribution in [0.2, 0.25) is 5.02 Å². The molecule has 2 rings (SSSR count). The number of hydrogen-bond donors (Lipinski definition) is 1. The van der Waals surface area contributed by atoms with Gasteiger partial charge >= 0.3 is 5.97 Å². The normalized spacial score (nSPS) is 18.7. The Kier molecular flexibility index (Phi) is 7.59. The molecule has 152 valence electrons. The van der Waals surface area contributed by atoms with Crippen LogP contribution < -0.4 is 19.9 Å². The van der Waals surface area contributed by atoms with Crippen molar-refractivity contribution in [1.82, 2.24) is 5.32 Å². The summed E-state index contributed by atoms with van der Waals surface area (Å²) in [6.45, 7) is 5.04. The number of halogens is 1. The van der Waals surface area contributed by atoms with Gasteiger partial charge in [-0.25, -0.2) is 4.99 Å². The molecule has 1 aliphatic heterocycles. The SMILES string of the molecule is CCOC(=O)C1C(C)=NC(=S)NC1c1cc(OCC)c(OCC(=O)[O-])cc1Cl. The quantitative estimate of drug-likeness (QED) is 0.490. The second-order valence-corrected chi connectivity index (χ2v) is 6.62. The van der Waals surface area contributed by atoms with Gasteiger partial charge in [-0.3, -0.25) is 4.79 Å². The van der Waals surface area contributed by atoms with Crippen molar-refractivity contribution >= 4 is 46.6 Å². The Balaban J connectivity index is 2.49. The minimum absolute atomic E-state index is 0.149. The first kappa shape index (κ1) is 21.9. The van der Waals surface area contributed by atoms with Crippen LogP contribution in [0.25, 0.3) is 0 Å². The van der Waals surface area contributed by atoms with E-state index in [9.17, 15) is 14.7 Å². The minimum Gasteiger partial charge on any atom is -0.546 e. The summed E-state index contributed by atoms with van der Waals surface area (Å²) in [5.41, 5.74) is 1.01. The maximum atomic E-state index is 12.5. The number of rotatable bonds is 8. The third-order valence-electron chi connectivity index (χ3n) is 3.92. The molecule has 1 aliphatic rings. The second-order valence-electron chi connectivity index (χ2n) is 5.82. The van der Waals surface area contributed by atoms with Crippen molar-refractivity contribution < 1.29 is 28.9 Å². The number of carbonyl (C=O) groups excluding carboxylic acids is 2. The number of esters is 1. The Morgan fingerprint density at radius 1 is 1.25 bits per heavy atom. The summed E-state index contributed by atoms with van der Waals surface area (Å²) in [5.74, 6) is -2.16. The molecule has 0 spiro atoms. The van der Waals surface area contributed by atoms with Crippen molar-refractivity contribution in [3.05, 3.63) is 22.7 Å². The first-order valence-corrected chi connectivity index (χ1v) is 9.38. The van der Waals surface area contributed by atoms with E-state index in [0.29, 0.717) is 17.9 Å². The molecule has 1 heterocycles. The molecule has 0 radical (unpaired) electrons. The van der Waals surface area contributed by atoms with Crippen LogP contribution in [0.3, 0.4) is 0 Å². The number of carboxylic acid groups (broad SMARTS) is 1. The Labute approximate surface area is 172 Å². The third kappa shape index (κ3) is 5.11. The zero-order valence-corrected chi connectivity index (χ0v) is 17.2. The fraction of sp³-hybridized carbons (Fsp3) is 0.444. The van der Waals surface area contributed by atoms with Gasteiger partial charge in [-0.1, -0.05) is 11.6 Å². The van der Waals surface area contributed by atoms with Gasteiger partial charge in [0.2, 0.25) is 0 Å². The summed E-state index contributed by atoms with van der Waals surface area (Å²) in [6.07, 6.45) is 0. The van der Waals surface area contributed by atoms with Crippen LogP contribution in [0.1, 0.15) is 32.4 Å². The molecule has 1 N–H and O–H groups in total. The van der Waals surface area contributed by atoms with Crippen molar-refractivity contribution in [3.8, 4) is 11.5 Å². The molecule has 2 atom stereocenters. The summed E-state index contributed by atoms with van der Waals surface area (Å²) in [4.78, 5) is 27.4. The van der Waals surface area contributed by atoms with Gasteiger partial charge in [-0.15, -0.1) is 0 Å². The molecule has 2 unspecified atom stereocenters. The zero-order chi connectivity index (χ0) is 20.8. The number of benzene rings is 1. The summed E-state index contributed by atoms with van der Waals surface area (Å²) in [6, 6.07) is 2.38. The fourth-order valence-electron chi connectivity index (χ4n) is 2.82. The first-order chi connectivity index (χ1) is 13.3. The zero-order valence-electron chi connectivity index (χ0n) is 15.6. The van der Waals surface area contributed by atoms with Gasteiger partial charge in [0, 0.05) is 16.8 Å². The maximum Gasteiger partial charge on any atom is 0.317 e. The Morgan fingerprint density at radius 3 is 2.54 bits per heavy atom. The molecule has 0 fully saturated rings. The van der Waals surface area contributed by atoms with Crippen LogP contribution in [0.4, 0.5) is 0 Å². The van der Waals surface area contributed by atoms with Crippen LogP contribution in [0.15, 0.2) is 17.1 Å². The monoisotopic (exact) mass is 427 g/mol. The predicted molar refractivity (Wildman–Crippen MR) is 105 cm³/mol. The number of nitrogens with zero attached hydrogens (tertiary/aromatic N) is 1. The van der Waals surface area contributed by atoms with Crippen molar-refractivity contribution in [1.29, 1.82) is 0 Å². The topological polar surface area (TPSA) is 109 Å². The van der Waals surface area contributed by atoms with Crippen molar-refractivity contribution in [2.24, 2.45) is 10.9 Å². The van der Waals surface area contributed by atoms with Gasteiger partial charge in [-0.2, -0.15) is 0 Å². The van der Waals surface area contributed by atoms with E-state index >= 15 is 0 Å². The van der Waals surface area contributed by atoms with E-state index < -0.39 is 30.5 Å². The molecule has 10 heteroatoms. The van der Waals surface area contributed by atoms with E-state index in [1.807, 2.05) is 0 Å². The van der Waals surface area contributed by atoms with Crippen LogP contribution in [-0.2, 0) is 14.3 Å². The molecule has 1 aromatic rings. The van der Waals surface area contributed by atoms with Crippen molar-refractivity contribution in [2.75, 3.05) is 19.8 Å². The van der Waals surface area contributed by atoms with Crippen LogP contribution in [-0.4, -0.2) is 42.6 Å². The second kappa shape index (κ2) is 9.70. The van der Waals surface area contributed by atoms with Crippen molar-refractivity contribution in [2.45, 2.75) is 26.8 Å². The molecule has 0 aromatic heterocycles. The average Bonchev–Trinajstić information content (AvgIpc) is 2.61. The predicted octanol–water partition coefficient (Wildman–Crippen LogP) is 1.44. The molecule has 1 aromatic carbocycles. The lowest BCUT2D eigenvalue weighted by molar-refractivity contribution is -0.307. The number of thiocarbonyl (C=S) groups is 1. The first-order valence-electron chi connectivity index (χ1n) is 8.59. The molecule has 0 amide bonds. The Bertz CT molecular complexity index is 814. The highest BCUT2D eigenvalue weighted by Crippen LogP contribution is 2.39. The standard InChI is InChI=1S/C18H21ClN2O6S/c1-4-25-12-6-10(11(19)7-13(12)27-8-14(22)23)16-15(17(24)26-5-2)9(3)20-18(28)21-16/h6-7,15-16H,4-5,8H2,1-3H3,(H,21,28)(H,22,23)/p-1. The van der Waals surface area contributed by atoms with Gasteiger partial charge < -0.3 is 29.4 Å². The molecule has 28 heavy (non-hydrogen) atoms. The molecular formula is C18H20ClN2O6S-. The number of hydrogen-bond acceptors (Lipinski definition) is 7. The van der Waals surface area contributed by atoms with E-state index in [2.05, 4.69) is 10.3 Å². The van der Waals surface area contributed by atoms with Crippen LogP contribution in [0, 0.1) is 5.92 Å². The molecule has 0 saturated heterocycles. The lowest BCUT2D eigenvalue weighted by atomic mass is 9.88. The van der Waals surface area contributed by atoms with Gasteiger partial charge in [-0.05, 0) is 44.6 Å². The summed E-state index contributed by atoms with van der Waals surface area (Å²) < 4.78 is 15.9. The van der Waals surface area contributed by atoms with E-state index in [1.165, 1.54) is 6.07 Å². The van der Waals surface area contributed by atoms with Crippen molar-refractivity contribution in [3.63, 3.8) is 0 Å². The summed E-state index contributed by atoms with van der Waals surface area (Å²) >= 11 is 11.6. The number of ether oxygens (including phenoxy) is 3. The smallest absolute Gasteiger partial charge is 0.317 e. The molecule has 0 saturated carbocycles. The Hall–Kier alpha value is -2.39. The van der Waals surface area contributed by atoms with Gasteiger partial charge in [0.05, 0.1) is 25.2 Å². The number of aliphatic carboxylic acids is 1. The van der Waals surface area contributed by atoms with Gasteiger partial charge in [0.15, 0.2) is 16.6 Å². The molecular weight excluding hydrogens is 408 g/mol. The largest absolute Gasteiger partial charge is 0.546 e. The minimum atomic E-state index is -1.38. The molecule has 8 nitrogen and oxygen atoms in total. The number of aliphatic imine (C=N–C) groups is 1. The number of carbonyl (C=O) groups is 2. The van der Waals surface area contributed by atoms with Crippen LogP contribution >= 0.6 is 23.8 Å². The van der Waals surface area contributed by atoms with E-state index in [4.69, 9.17) is 38.0 Å². The van der Waals surface area contributed by atoms with Gasteiger partial charge in [0.1, 0.15) is 12.5 Å². The lowest BCUT2D eigenvalue weighted by Gasteiger charge is -2.31. The number of nitrogens with one attached hydrogen (secondary N) is 1. The lowest BCUT2D eigenvalue weighted by Crippen LogP contribution is -2.44. The molecule has 0 aliphatic carbocycles.